The van der Waals surface area contributed by atoms with Gasteiger partial charge in [0, 0.05) is 6.42 Å². The van der Waals surface area contributed by atoms with Crippen molar-refractivity contribution in [1.29, 1.82) is 0 Å². The van der Waals surface area contributed by atoms with E-state index in [0.29, 0.717) is 6.42 Å². The number of aliphatic hydroxyl groups is 5. The third kappa shape index (κ3) is 28.4. The standard InChI is InChI=1S/C47H91NO8/c1-3-5-7-9-11-13-15-17-19-20-21-22-23-24-26-28-30-32-34-36-41(50)40(39-55-47-46(54)45(53)44(52)42(38-49)56-47)48-43(51)37-35-33-31-29-27-25-18-16-14-12-10-8-6-4-2/h34,36,40-42,44-47,49-50,52-54H,3-33,35,37-39H2,1-2H3,(H,48,51)/b36-34+. The molecule has 0 radical (unpaired) electrons. The number of allylic oxidation sites excluding steroid dienone is 1. The minimum absolute atomic E-state index is 0.174. The number of aliphatic hydroxyl groups excluding tert-OH is 5. The SMILES string of the molecule is CCCCCCCCCCCCCCCCCCC/C=C/C(O)C(COC1OC(CO)C(O)C(O)C1O)NC(=O)CCCCCCCCCCCCCCCC. The number of ether oxygens (including phenoxy) is 2. The molecule has 56 heavy (non-hydrogen) atoms. The van der Waals surface area contributed by atoms with Gasteiger partial charge in [-0.1, -0.05) is 212 Å². The monoisotopic (exact) mass is 798 g/mol. The smallest absolute Gasteiger partial charge is 0.220 e. The Morgan fingerprint density at radius 3 is 1.39 bits per heavy atom. The van der Waals surface area contributed by atoms with Gasteiger partial charge >= 0.3 is 0 Å². The van der Waals surface area contributed by atoms with Crippen molar-refractivity contribution in [3.8, 4) is 0 Å². The first-order valence-electron chi connectivity index (χ1n) is 23.9. The average molecular weight is 798 g/mol. The van der Waals surface area contributed by atoms with Gasteiger partial charge in [-0.15, -0.1) is 0 Å². The molecular formula is C47H91NO8. The van der Waals surface area contributed by atoms with E-state index in [-0.39, 0.29) is 12.5 Å². The first kappa shape index (κ1) is 52.9. The average Bonchev–Trinajstić information content (AvgIpc) is 3.20. The van der Waals surface area contributed by atoms with Crippen molar-refractivity contribution in [3.63, 3.8) is 0 Å². The molecule has 9 nitrogen and oxygen atoms in total. The summed E-state index contributed by atoms with van der Waals surface area (Å²) in [6.45, 7) is 3.79. The topological polar surface area (TPSA) is 149 Å². The van der Waals surface area contributed by atoms with Crippen molar-refractivity contribution in [2.45, 2.75) is 269 Å². The first-order chi connectivity index (χ1) is 27.3. The highest BCUT2D eigenvalue weighted by Gasteiger charge is 2.44. The number of amides is 1. The predicted molar refractivity (Wildman–Crippen MR) is 231 cm³/mol. The molecule has 1 amide bonds. The minimum atomic E-state index is -1.56. The van der Waals surface area contributed by atoms with E-state index in [1.54, 1.807) is 6.08 Å². The lowest BCUT2D eigenvalue weighted by Crippen LogP contribution is -2.60. The molecule has 1 aliphatic rings. The number of nitrogens with one attached hydrogen (secondary N) is 1. The van der Waals surface area contributed by atoms with Gasteiger partial charge in [0.2, 0.25) is 5.91 Å². The second kappa shape index (κ2) is 38.2. The van der Waals surface area contributed by atoms with Crippen LogP contribution in [0.4, 0.5) is 0 Å². The van der Waals surface area contributed by atoms with E-state index in [2.05, 4.69) is 19.2 Å². The Balaban J connectivity index is 2.33. The van der Waals surface area contributed by atoms with E-state index in [1.807, 2.05) is 6.08 Å². The summed E-state index contributed by atoms with van der Waals surface area (Å²) in [5.41, 5.74) is 0. The summed E-state index contributed by atoms with van der Waals surface area (Å²) >= 11 is 0. The van der Waals surface area contributed by atoms with Crippen LogP contribution in [0.15, 0.2) is 12.2 Å². The largest absolute Gasteiger partial charge is 0.394 e. The summed E-state index contributed by atoms with van der Waals surface area (Å²) in [4.78, 5) is 12.9. The van der Waals surface area contributed by atoms with E-state index in [0.717, 1.165) is 38.5 Å². The van der Waals surface area contributed by atoms with Crippen molar-refractivity contribution in [2.75, 3.05) is 13.2 Å². The van der Waals surface area contributed by atoms with Crippen molar-refractivity contribution >= 4 is 5.91 Å². The van der Waals surface area contributed by atoms with Crippen LogP contribution < -0.4 is 5.32 Å². The molecule has 9 heteroatoms. The van der Waals surface area contributed by atoms with E-state index in [1.165, 1.54) is 167 Å². The van der Waals surface area contributed by atoms with Crippen molar-refractivity contribution < 1.29 is 39.8 Å². The van der Waals surface area contributed by atoms with Crippen LogP contribution in [0.5, 0.6) is 0 Å². The molecule has 0 aromatic heterocycles. The lowest BCUT2D eigenvalue weighted by molar-refractivity contribution is -0.302. The molecule has 0 aromatic carbocycles. The maximum absolute atomic E-state index is 12.9. The number of carbonyl (C=O) groups excluding carboxylic acids is 1. The van der Waals surface area contributed by atoms with E-state index in [9.17, 15) is 30.3 Å². The van der Waals surface area contributed by atoms with E-state index < -0.39 is 49.5 Å². The predicted octanol–water partition coefficient (Wildman–Crippen LogP) is 10.1. The summed E-state index contributed by atoms with van der Waals surface area (Å²) in [7, 11) is 0. The molecule has 0 bridgehead atoms. The molecule has 0 aromatic rings. The van der Waals surface area contributed by atoms with Crippen LogP contribution in [0, 0.1) is 0 Å². The highest BCUT2D eigenvalue weighted by Crippen LogP contribution is 2.23. The van der Waals surface area contributed by atoms with Gasteiger partial charge in [0.15, 0.2) is 6.29 Å². The molecule has 1 rings (SSSR count). The van der Waals surface area contributed by atoms with Gasteiger partial charge in [-0.05, 0) is 19.3 Å². The maximum atomic E-state index is 12.9. The van der Waals surface area contributed by atoms with Gasteiger partial charge in [-0.2, -0.15) is 0 Å². The van der Waals surface area contributed by atoms with E-state index >= 15 is 0 Å². The maximum Gasteiger partial charge on any atom is 0.220 e. The van der Waals surface area contributed by atoms with Gasteiger partial charge in [0.1, 0.15) is 24.4 Å². The van der Waals surface area contributed by atoms with Crippen LogP contribution >= 0.6 is 0 Å². The normalized spacial score (nSPS) is 21.2. The second-order valence-corrected chi connectivity index (χ2v) is 16.9. The summed E-state index contributed by atoms with van der Waals surface area (Å²) < 4.78 is 11.2. The Morgan fingerprint density at radius 2 is 0.982 bits per heavy atom. The molecule has 0 saturated carbocycles. The lowest BCUT2D eigenvalue weighted by atomic mass is 9.99. The van der Waals surface area contributed by atoms with Gasteiger partial charge in [0.25, 0.3) is 0 Å². The fourth-order valence-corrected chi connectivity index (χ4v) is 7.75. The molecule has 1 saturated heterocycles. The molecule has 7 atom stereocenters. The Labute approximate surface area is 344 Å². The fraction of sp³-hybridized carbons (Fsp3) is 0.936. The third-order valence-electron chi connectivity index (χ3n) is 11.6. The lowest BCUT2D eigenvalue weighted by Gasteiger charge is -2.40. The molecule has 332 valence electrons. The molecule has 0 aliphatic carbocycles. The van der Waals surface area contributed by atoms with Crippen LogP contribution in [-0.4, -0.2) is 87.5 Å². The molecule has 6 N–H and O–H groups in total. The Kier molecular flexibility index (Phi) is 36.1. The quantitative estimate of drug-likeness (QED) is 0.0265. The molecule has 0 spiro atoms. The number of hydrogen-bond acceptors (Lipinski definition) is 8. The second-order valence-electron chi connectivity index (χ2n) is 16.9. The zero-order valence-electron chi connectivity index (χ0n) is 36.4. The molecule has 7 unspecified atom stereocenters. The van der Waals surface area contributed by atoms with Gasteiger partial charge < -0.3 is 40.3 Å². The number of carbonyl (C=O) groups is 1. The summed E-state index contributed by atoms with van der Waals surface area (Å²) in [6, 6.07) is -0.798. The van der Waals surface area contributed by atoms with Crippen LogP contribution in [0.2, 0.25) is 0 Å². The summed E-state index contributed by atoms with van der Waals surface area (Å²) in [5.74, 6) is -0.174. The zero-order valence-corrected chi connectivity index (χ0v) is 36.4. The number of hydrogen-bond donors (Lipinski definition) is 6. The van der Waals surface area contributed by atoms with Crippen LogP contribution in [0.3, 0.4) is 0 Å². The van der Waals surface area contributed by atoms with Crippen LogP contribution in [0.25, 0.3) is 0 Å². The number of rotatable bonds is 40. The molecule has 1 aliphatic heterocycles. The number of unbranched alkanes of at least 4 members (excludes halogenated alkanes) is 30. The Bertz CT molecular complexity index is 888. The van der Waals surface area contributed by atoms with Gasteiger partial charge in [-0.25, -0.2) is 0 Å². The summed E-state index contributed by atoms with van der Waals surface area (Å²) in [5, 5.41) is 54.2. The highest BCUT2D eigenvalue weighted by molar-refractivity contribution is 5.76. The van der Waals surface area contributed by atoms with E-state index in [4.69, 9.17) is 9.47 Å². The fourth-order valence-electron chi connectivity index (χ4n) is 7.75. The highest BCUT2D eigenvalue weighted by atomic mass is 16.7. The molecular weight excluding hydrogens is 707 g/mol. The van der Waals surface area contributed by atoms with Crippen LogP contribution in [-0.2, 0) is 14.3 Å². The summed E-state index contributed by atoms with van der Waals surface area (Å²) in [6.07, 6.45) is 36.8. The van der Waals surface area contributed by atoms with Gasteiger partial charge in [0.05, 0.1) is 25.4 Å². The van der Waals surface area contributed by atoms with Crippen molar-refractivity contribution in [2.24, 2.45) is 0 Å². The minimum Gasteiger partial charge on any atom is -0.394 e. The third-order valence-corrected chi connectivity index (χ3v) is 11.6. The van der Waals surface area contributed by atoms with Crippen LogP contribution in [0.1, 0.15) is 226 Å². The first-order valence-corrected chi connectivity index (χ1v) is 23.9. The molecule has 1 heterocycles. The molecule has 1 fully saturated rings. The van der Waals surface area contributed by atoms with Gasteiger partial charge in [-0.3, -0.25) is 4.79 Å². The van der Waals surface area contributed by atoms with Crippen molar-refractivity contribution in [3.05, 3.63) is 12.2 Å². The zero-order chi connectivity index (χ0) is 40.9. The van der Waals surface area contributed by atoms with Crippen molar-refractivity contribution in [1.82, 2.24) is 5.32 Å². The Hall–Kier alpha value is -1.07. The Morgan fingerprint density at radius 1 is 0.589 bits per heavy atom.